The van der Waals surface area contributed by atoms with Gasteiger partial charge in [0, 0.05) is 29.4 Å². The minimum Gasteiger partial charge on any atom is -0.346 e. The van der Waals surface area contributed by atoms with Crippen LogP contribution in [0.1, 0.15) is 18.9 Å². The maximum absolute atomic E-state index is 11.7. The van der Waals surface area contributed by atoms with Crippen molar-refractivity contribution in [2.45, 2.75) is 19.9 Å². The third kappa shape index (κ3) is 3.15. The van der Waals surface area contributed by atoms with Crippen LogP contribution in [0.25, 0.3) is 10.9 Å². The molecule has 0 N–H and O–H groups in total. The molecule has 2 aromatic rings. The van der Waals surface area contributed by atoms with Crippen molar-refractivity contribution in [2.75, 3.05) is 11.5 Å². The van der Waals surface area contributed by atoms with Crippen molar-refractivity contribution in [1.82, 2.24) is 4.57 Å². The molecule has 5 heteroatoms. The quantitative estimate of drug-likeness (QED) is 0.842. The molecular formula is C14H16N2O2S. The Morgan fingerprint density at radius 1 is 1.26 bits per heavy atom. The standard InChI is InChI=1S/C14H16N2O2S/c1-2-8-19(17,18)9-7-16-6-5-13-10-12(11-15)3-4-14(13)16/h3-6,10H,2,7-9H2,1H3. The normalized spacial score (nSPS) is 11.6. The Hall–Kier alpha value is -1.80. The lowest BCUT2D eigenvalue weighted by molar-refractivity contribution is 0.588. The Morgan fingerprint density at radius 3 is 2.74 bits per heavy atom. The van der Waals surface area contributed by atoms with E-state index in [2.05, 4.69) is 6.07 Å². The van der Waals surface area contributed by atoms with Gasteiger partial charge >= 0.3 is 0 Å². The SMILES string of the molecule is CCCS(=O)(=O)CCn1ccc2cc(C#N)ccc21. The van der Waals surface area contributed by atoms with E-state index in [4.69, 9.17) is 5.26 Å². The van der Waals surface area contributed by atoms with E-state index < -0.39 is 9.84 Å². The lowest BCUT2D eigenvalue weighted by Gasteiger charge is -2.06. The van der Waals surface area contributed by atoms with E-state index in [0.717, 1.165) is 10.9 Å². The van der Waals surface area contributed by atoms with Crippen LogP contribution >= 0.6 is 0 Å². The highest BCUT2D eigenvalue weighted by Gasteiger charge is 2.10. The molecular weight excluding hydrogens is 260 g/mol. The van der Waals surface area contributed by atoms with Crippen LogP contribution in [0.3, 0.4) is 0 Å². The van der Waals surface area contributed by atoms with E-state index in [1.54, 1.807) is 6.07 Å². The van der Waals surface area contributed by atoms with E-state index in [1.807, 2.05) is 35.9 Å². The van der Waals surface area contributed by atoms with Crippen molar-refractivity contribution < 1.29 is 8.42 Å². The second kappa shape index (κ2) is 5.45. The van der Waals surface area contributed by atoms with E-state index in [9.17, 15) is 8.42 Å². The summed E-state index contributed by atoms with van der Waals surface area (Å²) in [6, 6.07) is 9.42. The van der Waals surface area contributed by atoms with Crippen LogP contribution in [0, 0.1) is 11.3 Å². The molecule has 1 heterocycles. The molecule has 0 spiro atoms. The first-order chi connectivity index (χ1) is 9.05. The Labute approximate surface area is 113 Å². The molecule has 0 fully saturated rings. The Morgan fingerprint density at radius 2 is 2.05 bits per heavy atom. The molecule has 100 valence electrons. The number of rotatable bonds is 5. The van der Waals surface area contributed by atoms with Crippen molar-refractivity contribution in [3.05, 3.63) is 36.0 Å². The minimum atomic E-state index is -2.96. The van der Waals surface area contributed by atoms with Gasteiger partial charge in [-0.1, -0.05) is 6.92 Å². The summed E-state index contributed by atoms with van der Waals surface area (Å²) in [5, 5.41) is 9.80. The average Bonchev–Trinajstić information content (AvgIpc) is 2.78. The number of aryl methyl sites for hydroxylation is 1. The number of nitriles is 1. The van der Waals surface area contributed by atoms with Crippen molar-refractivity contribution in [3.63, 3.8) is 0 Å². The first-order valence-corrected chi connectivity index (χ1v) is 8.07. The van der Waals surface area contributed by atoms with Gasteiger partial charge in [-0.25, -0.2) is 8.42 Å². The summed E-state index contributed by atoms with van der Waals surface area (Å²) in [6.45, 7) is 2.32. The minimum absolute atomic E-state index is 0.157. The molecule has 0 aliphatic rings. The first kappa shape index (κ1) is 13.6. The van der Waals surface area contributed by atoms with Gasteiger partial charge in [-0.3, -0.25) is 0 Å². The summed E-state index contributed by atoms with van der Waals surface area (Å²) in [6.07, 6.45) is 2.52. The number of sulfone groups is 1. The topological polar surface area (TPSA) is 62.9 Å². The first-order valence-electron chi connectivity index (χ1n) is 6.25. The molecule has 0 atom stereocenters. The van der Waals surface area contributed by atoms with Gasteiger partial charge in [0.1, 0.15) is 0 Å². The number of aromatic nitrogens is 1. The zero-order valence-electron chi connectivity index (χ0n) is 10.8. The fraction of sp³-hybridized carbons (Fsp3) is 0.357. The highest BCUT2D eigenvalue weighted by molar-refractivity contribution is 7.91. The molecule has 19 heavy (non-hydrogen) atoms. The van der Waals surface area contributed by atoms with Gasteiger partial charge in [0.15, 0.2) is 9.84 Å². The van der Waals surface area contributed by atoms with E-state index >= 15 is 0 Å². The number of hydrogen-bond acceptors (Lipinski definition) is 3. The molecule has 0 aliphatic carbocycles. The highest BCUT2D eigenvalue weighted by atomic mass is 32.2. The molecule has 0 bridgehead atoms. The van der Waals surface area contributed by atoms with Crippen molar-refractivity contribution >= 4 is 20.7 Å². The van der Waals surface area contributed by atoms with Gasteiger partial charge in [-0.2, -0.15) is 5.26 Å². The lowest BCUT2D eigenvalue weighted by atomic mass is 10.2. The fourth-order valence-corrected chi connectivity index (χ4v) is 3.42. The summed E-state index contributed by atoms with van der Waals surface area (Å²) in [5.41, 5.74) is 1.58. The van der Waals surface area contributed by atoms with Crippen LogP contribution in [0.4, 0.5) is 0 Å². The number of hydrogen-bond donors (Lipinski definition) is 0. The molecule has 1 aromatic heterocycles. The third-order valence-corrected chi connectivity index (χ3v) is 4.89. The number of nitrogens with zero attached hydrogens (tertiary/aromatic N) is 2. The van der Waals surface area contributed by atoms with Crippen LogP contribution in [0.2, 0.25) is 0 Å². The van der Waals surface area contributed by atoms with Crippen LogP contribution < -0.4 is 0 Å². The van der Waals surface area contributed by atoms with Crippen LogP contribution in [0.15, 0.2) is 30.5 Å². The molecule has 0 saturated heterocycles. The van der Waals surface area contributed by atoms with Crippen molar-refractivity contribution in [3.8, 4) is 6.07 Å². The summed E-state index contributed by atoms with van der Waals surface area (Å²) >= 11 is 0. The van der Waals surface area contributed by atoms with Gasteiger partial charge in [0.2, 0.25) is 0 Å². The van der Waals surface area contributed by atoms with Crippen LogP contribution in [-0.2, 0) is 16.4 Å². The van der Waals surface area contributed by atoms with E-state index in [0.29, 0.717) is 18.5 Å². The smallest absolute Gasteiger partial charge is 0.152 e. The highest BCUT2D eigenvalue weighted by Crippen LogP contribution is 2.17. The summed E-state index contributed by atoms with van der Waals surface area (Å²) < 4.78 is 25.3. The van der Waals surface area contributed by atoms with Gasteiger partial charge in [0.25, 0.3) is 0 Å². The van der Waals surface area contributed by atoms with Gasteiger partial charge in [0.05, 0.1) is 17.4 Å². The zero-order chi connectivity index (χ0) is 13.9. The molecule has 4 nitrogen and oxygen atoms in total. The maximum atomic E-state index is 11.7. The molecule has 2 rings (SSSR count). The Bertz CT molecular complexity index is 723. The molecule has 0 amide bonds. The number of fused-ring (bicyclic) bond motifs is 1. The predicted molar refractivity (Wildman–Crippen MR) is 75.6 cm³/mol. The monoisotopic (exact) mass is 276 g/mol. The van der Waals surface area contributed by atoms with E-state index in [1.165, 1.54) is 0 Å². The second-order valence-electron chi connectivity index (χ2n) is 4.55. The largest absolute Gasteiger partial charge is 0.346 e. The molecule has 0 unspecified atom stereocenters. The second-order valence-corrected chi connectivity index (χ2v) is 6.85. The maximum Gasteiger partial charge on any atom is 0.152 e. The average molecular weight is 276 g/mol. The van der Waals surface area contributed by atoms with Crippen molar-refractivity contribution in [2.24, 2.45) is 0 Å². The Kier molecular flexibility index (Phi) is 3.91. The molecule has 0 aliphatic heterocycles. The van der Waals surface area contributed by atoms with E-state index in [-0.39, 0.29) is 11.5 Å². The predicted octanol–water partition coefficient (Wildman–Crippen LogP) is 2.34. The lowest BCUT2D eigenvalue weighted by Crippen LogP contribution is -2.15. The zero-order valence-corrected chi connectivity index (χ0v) is 11.7. The third-order valence-electron chi connectivity index (χ3n) is 3.06. The van der Waals surface area contributed by atoms with Crippen LogP contribution in [-0.4, -0.2) is 24.5 Å². The van der Waals surface area contributed by atoms with Gasteiger partial charge in [-0.05, 0) is 30.7 Å². The fourth-order valence-electron chi connectivity index (χ4n) is 2.12. The Balaban J connectivity index is 2.21. The summed E-state index contributed by atoms with van der Waals surface area (Å²) in [5.74, 6) is 0.398. The molecule has 0 radical (unpaired) electrons. The molecule has 0 saturated carbocycles. The molecule has 1 aromatic carbocycles. The summed E-state index contributed by atoms with van der Waals surface area (Å²) in [4.78, 5) is 0. The van der Waals surface area contributed by atoms with Gasteiger partial charge < -0.3 is 4.57 Å². The van der Waals surface area contributed by atoms with Crippen LogP contribution in [0.5, 0.6) is 0 Å². The van der Waals surface area contributed by atoms with Gasteiger partial charge in [-0.15, -0.1) is 0 Å². The summed E-state index contributed by atoms with van der Waals surface area (Å²) in [7, 11) is -2.96. The number of benzene rings is 1. The van der Waals surface area contributed by atoms with Crippen molar-refractivity contribution in [1.29, 1.82) is 5.26 Å².